The van der Waals surface area contributed by atoms with E-state index in [2.05, 4.69) is 15.1 Å². The van der Waals surface area contributed by atoms with Crippen molar-refractivity contribution in [2.24, 2.45) is 5.10 Å². The number of pyridine rings is 2. The van der Waals surface area contributed by atoms with Crippen LogP contribution in [-0.4, -0.2) is 40.5 Å². The first-order valence-corrected chi connectivity index (χ1v) is 10.8. The summed E-state index contributed by atoms with van der Waals surface area (Å²) in [4.78, 5) is 8.49. The first kappa shape index (κ1) is 20.3. The fraction of sp³-hybridized carbons (Fsp3) is 0.0909. The van der Waals surface area contributed by atoms with Crippen molar-refractivity contribution in [1.82, 2.24) is 18.8 Å². The van der Waals surface area contributed by atoms with E-state index < -0.39 is 10.0 Å². The molecule has 154 valence electrons. The Labute approximate surface area is 179 Å². The molecule has 4 rings (SSSR count). The molecule has 0 amide bonds. The van der Waals surface area contributed by atoms with Gasteiger partial charge in [0.25, 0.3) is 10.0 Å². The fourth-order valence-corrected chi connectivity index (χ4v) is 4.29. The van der Waals surface area contributed by atoms with Gasteiger partial charge in [-0.3, -0.25) is 9.38 Å². The molecule has 0 N–H and O–H groups in total. The molecule has 0 fully saturated rings. The third kappa shape index (κ3) is 3.76. The first-order chi connectivity index (χ1) is 14.9. The van der Waals surface area contributed by atoms with Crippen molar-refractivity contribution in [3.63, 3.8) is 0 Å². The van der Waals surface area contributed by atoms with E-state index in [-0.39, 0.29) is 10.5 Å². The van der Waals surface area contributed by atoms with Gasteiger partial charge in [0.05, 0.1) is 23.7 Å². The quantitative estimate of drug-likeness (QED) is 0.357. The van der Waals surface area contributed by atoms with Gasteiger partial charge in [-0.25, -0.2) is 4.98 Å². The molecule has 0 atom stereocenters. The van der Waals surface area contributed by atoms with Crippen LogP contribution in [0.4, 0.5) is 0 Å². The number of nitrogens with zero attached hydrogens (tertiary/aromatic N) is 6. The monoisotopic (exact) mass is 430 g/mol. The number of benzene rings is 1. The second kappa shape index (κ2) is 8.01. The summed E-state index contributed by atoms with van der Waals surface area (Å²) in [6.45, 7) is 1.96. The second-order valence-electron chi connectivity index (χ2n) is 6.82. The third-order valence-electron chi connectivity index (χ3n) is 4.80. The van der Waals surface area contributed by atoms with Crippen LogP contribution < -0.4 is 0 Å². The van der Waals surface area contributed by atoms with E-state index in [1.165, 1.54) is 25.4 Å². The molecule has 0 aliphatic heterocycles. The molecule has 0 unspecified atom stereocenters. The van der Waals surface area contributed by atoms with Crippen LogP contribution in [0, 0.1) is 18.3 Å². The topological polar surface area (TPSA) is 104 Å². The predicted molar refractivity (Wildman–Crippen MR) is 117 cm³/mol. The van der Waals surface area contributed by atoms with Gasteiger partial charge in [-0.2, -0.15) is 23.2 Å². The van der Waals surface area contributed by atoms with E-state index in [0.717, 1.165) is 26.8 Å². The zero-order chi connectivity index (χ0) is 22.0. The summed E-state index contributed by atoms with van der Waals surface area (Å²) in [5.74, 6) is 0. The Morgan fingerprint density at radius 1 is 1.16 bits per heavy atom. The third-order valence-corrected chi connectivity index (χ3v) is 6.50. The first-order valence-electron chi connectivity index (χ1n) is 9.32. The zero-order valence-electron chi connectivity index (χ0n) is 16.8. The molecule has 31 heavy (non-hydrogen) atoms. The van der Waals surface area contributed by atoms with Gasteiger partial charge in [0.1, 0.15) is 16.6 Å². The molecule has 8 nitrogen and oxygen atoms in total. The normalized spacial score (nSPS) is 11.6. The minimum atomic E-state index is -3.97. The predicted octanol–water partition coefficient (Wildman–Crippen LogP) is 3.23. The maximum atomic E-state index is 12.9. The van der Waals surface area contributed by atoms with Crippen molar-refractivity contribution < 1.29 is 8.42 Å². The van der Waals surface area contributed by atoms with Gasteiger partial charge in [0, 0.05) is 36.8 Å². The van der Waals surface area contributed by atoms with Crippen LogP contribution >= 0.6 is 0 Å². The Bertz CT molecular complexity index is 1440. The van der Waals surface area contributed by atoms with Crippen molar-refractivity contribution in [2.75, 3.05) is 7.05 Å². The number of fused-ring (bicyclic) bond motifs is 1. The highest BCUT2D eigenvalue weighted by molar-refractivity contribution is 7.89. The number of nitriles is 1. The Balaban J connectivity index is 1.71. The summed E-state index contributed by atoms with van der Waals surface area (Å²) < 4.78 is 28.4. The lowest BCUT2D eigenvalue weighted by molar-refractivity contribution is 0.490. The molecule has 0 bridgehead atoms. The molecule has 0 saturated heterocycles. The molecular formula is C22H18N6O2S. The summed E-state index contributed by atoms with van der Waals surface area (Å²) >= 11 is 0. The Morgan fingerprint density at radius 3 is 2.71 bits per heavy atom. The van der Waals surface area contributed by atoms with Crippen molar-refractivity contribution in [2.45, 2.75) is 11.8 Å². The number of rotatable bonds is 5. The Kier molecular flexibility index (Phi) is 5.23. The lowest BCUT2D eigenvalue weighted by Gasteiger charge is -2.14. The number of aromatic nitrogens is 3. The lowest BCUT2D eigenvalue weighted by Crippen LogP contribution is -2.22. The maximum Gasteiger partial charge on any atom is 0.280 e. The molecule has 0 radical (unpaired) electrons. The SMILES string of the molecule is Cc1cc(-c2cccnc2)cn2c(C=NN(C)S(=O)(=O)c3ccccc3C#N)cnc12. The highest BCUT2D eigenvalue weighted by Crippen LogP contribution is 2.23. The summed E-state index contributed by atoms with van der Waals surface area (Å²) in [5.41, 5.74) is 4.29. The maximum absolute atomic E-state index is 12.9. The van der Waals surface area contributed by atoms with Crippen LogP contribution in [0.3, 0.4) is 0 Å². The molecule has 0 aliphatic rings. The second-order valence-corrected chi connectivity index (χ2v) is 8.74. The molecule has 0 saturated carbocycles. The number of imidazole rings is 1. The van der Waals surface area contributed by atoms with Crippen LogP contribution in [-0.2, 0) is 10.0 Å². The average Bonchev–Trinajstić information content (AvgIpc) is 3.21. The summed E-state index contributed by atoms with van der Waals surface area (Å²) in [5, 5.41) is 13.3. The highest BCUT2D eigenvalue weighted by atomic mass is 32.2. The number of aryl methyl sites for hydroxylation is 1. The molecule has 0 spiro atoms. The van der Waals surface area contributed by atoms with E-state index in [0.29, 0.717) is 5.69 Å². The molecule has 4 aromatic rings. The minimum absolute atomic E-state index is 0.0658. The van der Waals surface area contributed by atoms with Crippen LogP contribution in [0.15, 0.2) is 77.2 Å². The largest absolute Gasteiger partial charge is 0.298 e. The van der Waals surface area contributed by atoms with Gasteiger partial charge in [0.2, 0.25) is 0 Å². The van der Waals surface area contributed by atoms with Gasteiger partial charge in [-0.15, -0.1) is 0 Å². The van der Waals surface area contributed by atoms with E-state index in [9.17, 15) is 13.7 Å². The van der Waals surface area contributed by atoms with Crippen molar-refractivity contribution in [3.8, 4) is 17.2 Å². The van der Waals surface area contributed by atoms with Gasteiger partial charge in [-0.05, 0) is 36.8 Å². The fourth-order valence-electron chi connectivity index (χ4n) is 3.19. The molecule has 1 aromatic carbocycles. The number of hydrogen-bond donors (Lipinski definition) is 0. The van der Waals surface area contributed by atoms with Crippen molar-refractivity contribution in [1.29, 1.82) is 5.26 Å². The highest BCUT2D eigenvalue weighted by Gasteiger charge is 2.22. The molecule has 9 heteroatoms. The number of hydrazone groups is 1. The van der Waals surface area contributed by atoms with Gasteiger partial charge >= 0.3 is 0 Å². The van der Waals surface area contributed by atoms with Crippen LogP contribution in [0.1, 0.15) is 16.8 Å². The standard InChI is InChI=1S/C22H18N6O2S/c1-16-10-19(18-7-5-9-24-12-18)15-28-20(13-25-22(16)28)14-26-27(2)31(29,30)21-8-4-3-6-17(21)11-23/h3-10,12-15H,1-2H3. The average molecular weight is 430 g/mol. The minimum Gasteiger partial charge on any atom is -0.298 e. The number of hydrogen-bond acceptors (Lipinski definition) is 6. The van der Waals surface area contributed by atoms with E-state index >= 15 is 0 Å². The molecule has 0 aliphatic carbocycles. The van der Waals surface area contributed by atoms with Crippen molar-refractivity contribution in [3.05, 3.63) is 84.1 Å². The summed E-state index contributed by atoms with van der Waals surface area (Å²) in [6, 6.07) is 13.8. The smallest absolute Gasteiger partial charge is 0.280 e. The lowest BCUT2D eigenvalue weighted by atomic mass is 10.1. The Morgan fingerprint density at radius 2 is 1.97 bits per heavy atom. The van der Waals surface area contributed by atoms with Crippen molar-refractivity contribution >= 4 is 21.9 Å². The molecule has 3 aromatic heterocycles. The van der Waals surface area contributed by atoms with E-state index in [1.54, 1.807) is 30.7 Å². The Hall–Kier alpha value is -4.03. The van der Waals surface area contributed by atoms with E-state index in [1.807, 2.05) is 41.8 Å². The van der Waals surface area contributed by atoms with Gasteiger partial charge < -0.3 is 0 Å². The molecular weight excluding hydrogens is 412 g/mol. The van der Waals surface area contributed by atoms with Crippen LogP contribution in [0.2, 0.25) is 0 Å². The zero-order valence-corrected chi connectivity index (χ0v) is 17.7. The summed E-state index contributed by atoms with van der Waals surface area (Å²) in [6.07, 6.45) is 8.46. The van der Waals surface area contributed by atoms with Gasteiger partial charge in [-0.1, -0.05) is 18.2 Å². The number of sulfonamides is 1. The van der Waals surface area contributed by atoms with Crippen LogP contribution in [0.25, 0.3) is 16.8 Å². The van der Waals surface area contributed by atoms with E-state index in [4.69, 9.17) is 0 Å². The summed E-state index contributed by atoms with van der Waals surface area (Å²) in [7, 11) is -2.64. The van der Waals surface area contributed by atoms with Crippen LogP contribution in [0.5, 0.6) is 0 Å². The molecule has 3 heterocycles. The van der Waals surface area contributed by atoms with Gasteiger partial charge in [0.15, 0.2) is 0 Å².